The lowest BCUT2D eigenvalue weighted by Crippen LogP contribution is -2.49. The van der Waals surface area contributed by atoms with Crippen molar-refractivity contribution >= 4 is 62.9 Å². The monoisotopic (exact) mass is 594 g/mol. The smallest absolute Gasteiger partial charge is 0.303 e. The lowest BCUT2D eigenvalue weighted by atomic mass is 9.73. The van der Waals surface area contributed by atoms with Crippen molar-refractivity contribution in [2.75, 3.05) is 37.4 Å². The molecule has 0 aliphatic heterocycles. The van der Waals surface area contributed by atoms with Crippen LogP contribution in [0.5, 0.6) is 0 Å². The maximum atomic E-state index is 12.8. The fourth-order valence-electron chi connectivity index (χ4n) is 3.92. The van der Waals surface area contributed by atoms with Crippen LogP contribution in [0, 0.1) is 10.8 Å². The predicted molar refractivity (Wildman–Crippen MR) is 158 cm³/mol. The lowest BCUT2D eigenvalue weighted by Gasteiger charge is -2.33. The average molecular weight is 595 g/mol. The van der Waals surface area contributed by atoms with Gasteiger partial charge in [0.2, 0.25) is 23.6 Å². The topological polar surface area (TPSA) is 154 Å². The molecule has 0 heterocycles. The summed E-state index contributed by atoms with van der Waals surface area (Å²) in [6, 6.07) is -0.753. The fourth-order valence-corrected chi connectivity index (χ4v) is 5.49. The second-order valence-electron chi connectivity index (χ2n) is 10.7. The highest BCUT2D eigenvalue weighted by Crippen LogP contribution is 2.36. The van der Waals surface area contributed by atoms with E-state index >= 15 is 0 Å². The number of hydrogen-bond donors (Lipinski definition) is 5. The van der Waals surface area contributed by atoms with Crippen molar-refractivity contribution in [2.24, 2.45) is 10.8 Å². The SMILES string of the molecule is CSSCC(=O)NCCC[C@H](NC(=O)CSC(C)C)C(=O)NCCNC(=O)C(C)(C)CC(C)(C)CC(=O)O. The Morgan fingerprint density at radius 1 is 0.868 bits per heavy atom. The molecule has 0 unspecified atom stereocenters. The molecule has 0 aromatic carbocycles. The molecule has 0 saturated heterocycles. The Bertz CT molecular complexity index is 793. The second kappa shape index (κ2) is 18.6. The van der Waals surface area contributed by atoms with E-state index in [2.05, 4.69) is 21.3 Å². The Morgan fingerprint density at radius 2 is 1.50 bits per heavy atom. The zero-order valence-electron chi connectivity index (χ0n) is 23.7. The first-order chi connectivity index (χ1) is 17.6. The van der Waals surface area contributed by atoms with Crippen molar-refractivity contribution < 1.29 is 29.1 Å². The highest BCUT2D eigenvalue weighted by Gasteiger charge is 2.35. The number of amides is 4. The van der Waals surface area contributed by atoms with Crippen LogP contribution in [0.15, 0.2) is 0 Å². The Morgan fingerprint density at radius 3 is 2.08 bits per heavy atom. The Balaban J connectivity index is 4.80. The van der Waals surface area contributed by atoms with E-state index in [1.54, 1.807) is 13.8 Å². The molecule has 0 aromatic rings. The minimum atomic E-state index is -0.907. The highest BCUT2D eigenvalue weighted by atomic mass is 33.1. The number of nitrogens with one attached hydrogen (secondary N) is 4. The van der Waals surface area contributed by atoms with Crippen LogP contribution in [-0.2, 0) is 24.0 Å². The summed E-state index contributed by atoms with van der Waals surface area (Å²) < 4.78 is 0. The third-order valence-electron chi connectivity index (χ3n) is 5.37. The molecular formula is C25H46N4O6S3. The minimum absolute atomic E-state index is 0.0387. The van der Waals surface area contributed by atoms with E-state index in [0.29, 0.717) is 31.6 Å². The van der Waals surface area contributed by atoms with E-state index in [9.17, 15) is 24.0 Å². The van der Waals surface area contributed by atoms with Gasteiger partial charge in [0.1, 0.15) is 6.04 Å². The van der Waals surface area contributed by atoms with Gasteiger partial charge in [-0.3, -0.25) is 24.0 Å². The van der Waals surface area contributed by atoms with Gasteiger partial charge >= 0.3 is 5.97 Å². The maximum absolute atomic E-state index is 12.8. The molecule has 38 heavy (non-hydrogen) atoms. The molecule has 0 spiro atoms. The van der Waals surface area contributed by atoms with Gasteiger partial charge in [-0.1, -0.05) is 63.1 Å². The molecule has 0 aliphatic carbocycles. The molecule has 0 radical (unpaired) electrons. The number of carbonyl (C=O) groups excluding carboxylic acids is 4. The van der Waals surface area contributed by atoms with E-state index in [-0.39, 0.29) is 54.1 Å². The van der Waals surface area contributed by atoms with E-state index < -0.39 is 22.8 Å². The third-order valence-corrected chi connectivity index (χ3v) is 8.15. The van der Waals surface area contributed by atoms with Crippen LogP contribution in [0.2, 0.25) is 0 Å². The van der Waals surface area contributed by atoms with Gasteiger partial charge in [0.05, 0.1) is 17.9 Å². The number of hydrogen-bond acceptors (Lipinski definition) is 8. The van der Waals surface area contributed by atoms with Crippen LogP contribution in [0.4, 0.5) is 0 Å². The average Bonchev–Trinajstić information content (AvgIpc) is 2.78. The number of aliphatic carboxylic acids is 1. The first kappa shape index (κ1) is 36.4. The van der Waals surface area contributed by atoms with Crippen LogP contribution < -0.4 is 21.3 Å². The van der Waals surface area contributed by atoms with Crippen molar-refractivity contribution in [3.05, 3.63) is 0 Å². The van der Waals surface area contributed by atoms with Crippen LogP contribution in [-0.4, -0.2) is 83.4 Å². The molecule has 10 nitrogen and oxygen atoms in total. The first-order valence-corrected chi connectivity index (χ1v) is 16.5. The molecular weight excluding hydrogens is 548 g/mol. The van der Waals surface area contributed by atoms with Gasteiger partial charge in [0, 0.05) is 25.0 Å². The number of rotatable bonds is 20. The van der Waals surface area contributed by atoms with Gasteiger partial charge < -0.3 is 26.4 Å². The Hall–Kier alpha value is -1.60. The molecule has 4 amide bonds. The van der Waals surface area contributed by atoms with Gasteiger partial charge in [-0.25, -0.2) is 0 Å². The zero-order valence-corrected chi connectivity index (χ0v) is 26.2. The van der Waals surface area contributed by atoms with Gasteiger partial charge in [-0.15, -0.1) is 11.8 Å². The summed E-state index contributed by atoms with van der Waals surface area (Å²) in [5.41, 5.74) is -1.33. The Labute approximate surface area is 239 Å². The summed E-state index contributed by atoms with van der Waals surface area (Å²) in [6.45, 7) is 11.9. The van der Waals surface area contributed by atoms with E-state index in [1.165, 1.54) is 33.3 Å². The normalized spacial score (nSPS) is 12.5. The Kier molecular flexibility index (Phi) is 17.9. The molecule has 0 aromatic heterocycles. The lowest BCUT2D eigenvalue weighted by molar-refractivity contribution is -0.141. The van der Waals surface area contributed by atoms with E-state index in [4.69, 9.17) is 5.11 Å². The van der Waals surface area contributed by atoms with E-state index in [1.807, 2.05) is 34.0 Å². The van der Waals surface area contributed by atoms with Crippen molar-refractivity contribution in [2.45, 2.75) is 78.5 Å². The predicted octanol–water partition coefficient (Wildman–Crippen LogP) is 2.67. The second-order valence-corrected chi connectivity index (χ2v) is 14.9. The van der Waals surface area contributed by atoms with Crippen molar-refractivity contribution in [1.29, 1.82) is 0 Å². The molecule has 0 aliphatic rings. The van der Waals surface area contributed by atoms with Crippen LogP contribution >= 0.6 is 33.3 Å². The third kappa shape index (κ3) is 17.8. The highest BCUT2D eigenvalue weighted by molar-refractivity contribution is 8.76. The maximum Gasteiger partial charge on any atom is 0.303 e. The van der Waals surface area contributed by atoms with Gasteiger partial charge in [-0.2, -0.15) is 0 Å². The first-order valence-electron chi connectivity index (χ1n) is 12.7. The summed E-state index contributed by atoms with van der Waals surface area (Å²) in [5.74, 6) is -1.20. The van der Waals surface area contributed by atoms with Crippen molar-refractivity contribution in [3.8, 4) is 0 Å². The zero-order chi connectivity index (χ0) is 29.4. The molecule has 1 atom stereocenters. The molecule has 0 rings (SSSR count). The van der Waals surface area contributed by atoms with Crippen molar-refractivity contribution in [1.82, 2.24) is 21.3 Å². The number of carboxylic acids is 1. The summed E-state index contributed by atoms with van der Waals surface area (Å²) in [6.07, 6.45) is 3.12. The molecule has 0 bridgehead atoms. The van der Waals surface area contributed by atoms with Gasteiger partial charge in [0.25, 0.3) is 0 Å². The molecule has 0 saturated carbocycles. The molecule has 0 fully saturated rings. The molecule has 220 valence electrons. The standard InChI is InChI=1S/C25H46N4O6S3/c1-17(2)37-14-20(31)29-18(9-8-10-26-19(30)15-38-36-7)22(34)27-11-12-28-23(35)25(5,6)16-24(3,4)13-21(32)33/h17-18H,8-16H2,1-7H3,(H,26,30)(H,27,34)(H,28,35)(H,29,31)(H,32,33)/t18-/m0/s1. The summed E-state index contributed by atoms with van der Waals surface area (Å²) >= 11 is 1.48. The van der Waals surface area contributed by atoms with Crippen LogP contribution in [0.1, 0.15) is 67.2 Å². The minimum Gasteiger partial charge on any atom is -0.481 e. The fraction of sp³-hybridized carbons (Fsp3) is 0.800. The number of carboxylic acid groups (broad SMARTS) is 1. The molecule has 13 heteroatoms. The molecule has 5 N–H and O–H groups in total. The van der Waals surface area contributed by atoms with Crippen LogP contribution in [0.25, 0.3) is 0 Å². The van der Waals surface area contributed by atoms with Gasteiger partial charge in [0.15, 0.2) is 0 Å². The summed E-state index contributed by atoms with van der Waals surface area (Å²) in [5, 5.41) is 20.5. The number of thioether (sulfide) groups is 1. The number of carbonyl (C=O) groups is 5. The van der Waals surface area contributed by atoms with E-state index in [0.717, 1.165) is 0 Å². The van der Waals surface area contributed by atoms with Crippen LogP contribution in [0.3, 0.4) is 0 Å². The largest absolute Gasteiger partial charge is 0.481 e. The quantitative estimate of drug-likeness (QED) is 0.106. The van der Waals surface area contributed by atoms with Crippen molar-refractivity contribution in [3.63, 3.8) is 0 Å². The van der Waals surface area contributed by atoms with Gasteiger partial charge in [-0.05, 0) is 36.2 Å². The summed E-state index contributed by atoms with van der Waals surface area (Å²) in [7, 11) is 2.96. The summed E-state index contributed by atoms with van der Waals surface area (Å²) in [4.78, 5) is 60.8.